The van der Waals surface area contributed by atoms with Crippen LogP contribution >= 0.6 is 0 Å². The number of carbonyl (C=O) groups is 1. The van der Waals surface area contributed by atoms with Gasteiger partial charge in [-0.1, -0.05) is 18.2 Å². The number of nitrogens with one attached hydrogen (secondary N) is 1. The molecule has 0 saturated heterocycles. The van der Waals surface area contributed by atoms with Crippen molar-refractivity contribution < 1.29 is 79.4 Å². The number of benzene rings is 1. The number of alkyl halides is 17. The van der Waals surface area contributed by atoms with Gasteiger partial charge in [0.25, 0.3) is 0 Å². The Hall–Kier alpha value is -2.50. The Labute approximate surface area is 175 Å². The second kappa shape index (κ2) is 8.03. The zero-order chi connectivity index (χ0) is 27.4. The second-order valence-corrected chi connectivity index (χ2v) is 6.34. The van der Waals surface area contributed by atoms with Crippen molar-refractivity contribution in [1.29, 1.82) is 0 Å². The van der Waals surface area contributed by atoms with Gasteiger partial charge in [-0.05, 0) is 12.1 Å². The first kappa shape index (κ1) is 29.5. The molecule has 0 atom stereocenters. The van der Waals surface area contributed by atoms with Gasteiger partial charge in [0.2, 0.25) is 0 Å². The zero-order valence-corrected chi connectivity index (χ0v) is 15.2. The van der Waals surface area contributed by atoms with Crippen molar-refractivity contribution in [3.05, 3.63) is 30.3 Å². The summed E-state index contributed by atoms with van der Waals surface area (Å²) in [5.41, 5.74) is -0.889. The van der Waals surface area contributed by atoms with E-state index in [0.717, 1.165) is 23.5 Å². The van der Waals surface area contributed by atoms with E-state index in [-0.39, 0.29) is 0 Å². The van der Waals surface area contributed by atoms with Crippen LogP contribution in [0.2, 0.25) is 0 Å². The Morgan fingerprint density at radius 3 is 1.18 bits per heavy atom. The van der Waals surface area contributed by atoms with Crippen LogP contribution in [0.4, 0.5) is 80.3 Å². The third-order valence-corrected chi connectivity index (χ3v) is 4.04. The quantitative estimate of drug-likeness (QED) is 0.369. The Morgan fingerprint density at radius 1 is 0.500 bits per heavy atom. The van der Waals surface area contributed by atoms with Crippen molar-refractivity contribution in [3.63, 3.8) is 0 Å². The number of halogens is 17. The Bertz CT molecular complexity index is 890. The number of amides is 1. The minimum Gasteiger partial charge on any atom is -0.321 e. The maximum Gasteiger partial charge on any atom is 0.460 e. The molecule has 1 rings (SSSR count). The van der Waals surface area contributed by atoms with Crippen molar-refractivity contribution in [2.24, 2.45) is 0 Å². The molecule has 1 aromatic rings. The molecule has 1 N–H and O–H groups in total. The van der Waals surface area contributed by atoms with E-state index in [0.29, 0.717) is 12.1 Å². The normalized spacial score (nSPS) is 15.3. The highest BCUT2D eigenvalue weighted by Crippen LogP contribution is 2.63. The molecule has 0 bridgehead atoms. The van der Waals surface area contributed by atoms with Crippen LogP contribution in [0, 0.1) is 0 Å². The first-order chi connectivity index (χ1) is 14.7. The average Bonchev–Trinajstić information content (AvgIpc) is 2.66. The molecule has 0 aliphatic carbocycles. The highest BCUT2D eigenvalue weighted by molar-refractivity contribution is 5.97. The minimum atomic E-state index is -8.74. The van der Waals surface area contributed by atoms with Crippen LogP contribution in [0.25, 0.3) is 0 Å². The summed E-state index contributed by atoms with van der Waals surface area (Å²) < 4.78 is 223. The third kappa shape index (κ3) is 3.89. The predicted octanol–water partition coefficient (Wildman–Crippen LogP) is 6.63. The van der Waals surface area contributed by atoms with Crippen molar-refractivity contribution >= 4 is 11.6 Å². The van der Waals surface area contributed by atoms with E-state index in [2.05, 4.69) is 0 Å². The molecule has 196 valence electrons. The molecule has 1 amide bonds. The molecule has 0 radical (unpaired) electrons. The van der Waals surface area contributed by atoms with Crippen molar-refractivity contribution in [2.45, 2.75) is 47.6 Å². The summed E-state index contributed by atoms with van der Waals surface area (Å²) in [6.07, 6.45) is -7.83. The van der Waals surface area contributed by atoms with Crippen molar-refractivity contribution in [2.75, 3.05) is 5.32 Å². The smallest absolute Gasteiger partial charge is 0.321 e. The molecule has 0 aliphatic heterocycles. The number of rotatable bonds is 8. The van der Waals surface area contributed by atoms with Crippen LogP contribution in [0.1, 0.15) is 0 Å². The summed E-state index contributed by atoms with van der Waals surface area (Å²) >= 11 is 0. The Kier molecular flexibility index (Phi) is 6.97. The summed E-state index contributed by atoms with van der Waals surface area (Å²) in [4.78, 5) is 11.3. The van der Waals surface area contributed by atoms with Gasteiger partial charge in [-0.25, -0.2) is 0 Å². The number of anilines is 1. The zero-order valence-electron chi connectivity index (χ0n) is 15.2. The van der Waals surface area contributed by atoms with E-state index in [1.54, 1.807) is 0 Å². The van der Waals surface area contributed by atoms with Gasteiger partial charge in [-0.2, -0.15) is 74.6 Å². The van der Waals surface area contributed by atoms with E-state index in [1.807, 2.05) is 0 Å². The Balaban J connectivity index is 3.57. The van der Waals surface area contributed by atoms with E-state index in [4.69, 9.17) is 0 Å². The van der Waals surface area contributed by atoms with E-state index >= 15 is 0 Å². The molecule has 0 aromatic heterocycles. The second-order valence-electron chi connectivity index (χ2n) is 6.34. The fourth-order valence-corrected chi connectivity index (χ4v) is 2.04. The molecular formula is C15H6F17NO. The number of para-hydroxylation sites is 1. The Morgan fingerprint density at radius 2 is 0.824 bits per heavy atom. The minimum absolute atomic E-state index is 0.632. The average molecular weight is 539 g/mol. The molecule has 0 spiro atoms. The fourth-order valence-electron chi connectivity index (χ4n) is 2.04. The van der Waals surface area contributed by atoms with Crippen LogP contribution in [-0.4, -0.2) is 53.5 Å². The predicted molar refractivity (Wildman–Crippen MR) is 75.8 cm³/mol. The number of carbonyl (C=O) groups excluding carboxylic acids is 1. The largest absolute Gasteiger partial charge is 0.460 e. The standard InChI is InChI=1S/C15H6F17NO/c16-8(17,7(34)33-6-4-2-1-3-5-6)9(18,19)10(20,21)11(22,23)12(24,25)13(26,27)14(28,29)15(30,31)32/h1-5H,(H,33,34). The fraction of sp³-hybridized carbons (Fsp3) is 0.533. The van der Waals surface area contributed by atoms with Crippen LogP contribution < -0.4 is 5.32 Å². The highest BCUT2D eigenvalue weighted by atomic mass is 19.4. The van der Waals surface area contributed by atoms with Gasteiger partial charge in [0, 0.05) is 5.69 Å². The number of hydrogen-bond acceptors (Lipinski definition) is 1. The van der Waals surface area contributed by atoms with E-state index in [1.165, 1.54) is 0 Å². The summed E-state index contributed by atoms with van der Waals surface area (Å²) in [6, 6.07) is 4.21. The lowest BCUT2D eigenvalue weighted by atomic mass is 9.89. The topological polar surface area (TPSA) is 29.1 Å². The molecule has 0 unspecified atom stereocenters. The van der Waals surface area contributed by atoms with Gasteiger partial charge in [0.15, 0.2) is 0 Å². The lowest BCUT2D eigenvalue weighted by Crippen LogP contribution is -2.75. The van der Waals surface area contributed by atoms with Gasteiger partial charge < -0.3 is 5.32 Å². The molecule has 0 aliphatic rings. The summed E-state index contributed by atoms with van der Waals surface area (Å²) in [5.74, 6) is -61.6. The third-order valence-electron chi connectivity index (χ3n) is 4.04. The van der Waals surface area contributed by atoms with Gasteiger partial charge in [0.1, 0.15) is 0 Å². The van der Waals surface area contributed by atoms with Crippen molar-refractivity contribution in [1.82, 2.24) is 0 Å². The summed E-state index contributed by atoms with van der Waals surface area (Å²) in [7, 11) is 0. The first-order valence-electron chi connectivity index (χ1n) is 7.83. The lowest BCUT2D eigenvalue weighted by molar-refractivity contribution is -0.459. The summed E-state index contributed by atoms with van der Waals surface area (Å²) in [5, 5.41) is 0.773. The number of hydrogen-bond donors (Lipinski definition) is 1. The first-order valence-corrected chi connectivity index (χ1v) is 7.83. The molecule has 34 heavy (non-hydrogen) atoms. The van der Waals surface area contributed by atoms with Crippen LogP contribution in [0.15, 0.2) is 30.3 Å². The molecule has 2 nitrogen and oxygen atoms in total. The van der Waals surface area contributed by atoms with E-state index < -0.39 is 59.2 Å². The maximum atomic E-state index is 13.7. The lowest BCUT2D eigenvalue weighted by Gasteiger charge is -2.42. The van der Waals surface area contributed by atoms with Gasteiger partial charge in [-0.3, -0.25) is 4.79 Å². The molecule has 1 aromatic carbocycles. The van der Waals surface area contributed by atoms with Gasteiger partial charge >= 0.3 is 53.5 Å². The van der Waals surface area contributed by atoms with Gasteiger partial charge in [-0.15, -0.1) is 0 Å². The monoisotopic (exact) mass is 539 g/mol. The molecule has 0 fully saturated rings. The van der Waals surface area contributed by atoms with Gasteiger partial charge in [0.05, 0.1) is 0 Å². The molecular weight excluding hydrogens is 533 g/mol. The molecule has 0 saturated carbocycles. The van der Waals surface area contributed by atoms with Crippen LogP contribution in [-0.2, 0) is 4.79 Å². The van der Waals surface area contributed by atoms with Crippen molar-refractivity contribution in [3.8, 4) is 0 Å². The SMILES string of the molecule is O=C(Nc1ccccc1)C(F)(F)C(F)(F)C(F)(F)C(F)(F)C(F)(F)C(F)(F)C(F)(F)C(F)(F)F. The summed E-state index contributed by atoms with van der Waals surface area (Å²) in [6.45, 7) is 0. The van der Waals surface area contributed by atoms with Crippen LogP contribution in [0.3, 0.4) is 0 Å². The van der Waals surface area contributed by atoms with Crippen LogP contribution in [0.5, 0.6) is 0 Å². The maximum absolute atomic E-state index is 13.7. The molecule has 19 heteroatoms. The molecule has 0 heterocycles. The van der Waals surface area contributed by atoms with E-state index in [9.17, 15) is 79.4 Å². The highest BCUT2D eigenvalue weighted by Gasteiger charge is 2.95.